The van der Waals surface area contributed by atoms with Gasteiger partial charge in [0.1, 0.15) is 18.4 Å². The first-order valence-electron chi connectivity index (χ1n) is 8.85. The molecule has 0 bridgehead atoms. The maximum Gasteiger partial charge on any atom is 0.407 e. The molecule has 0 unspecified atom stereocenters. The summed E-state index contributed by atoms with van der Waals surface area (Å²) >= 11 is 0. The SMILES string of the molecule is O=C(N[C@H](Cc1cnco1)C(=O)O)OCC1c2ccccc2-c2ccccc21. The molecule has 0 saturated carbocycles. The highest BCUT2D eigenvalue weighted by atomic mass is 16.5. The Morgan fingerprint density at radius 1 is 1.11 bits per heavy atom. The molecular formula is C21H18N2O5. The summed E-state index contributed by atoms with van der Waals surface area (Å²) in [5, 5.41) is 11.7. The van der Waals surface area contributed by atoms with Crippen molar-refractivity contribution in [2.24, 2.45) is 0 Å². The standard InChI is InChI=1S/C21H18N2O5/c24-20(25)19(9-13-10-22-12-28-13)23-21(26)27-11-18-16-7-3-1-5-14(16)15-6-2-4-8-17(15)18/h1-8,10,12,18-19H,9,11H2,(H,23,26)(H,24,25)/t19-/m1/s1. The van der Waals surface area contributed by atoms with E-state index in [0.717, 1.165) is 22.3 Å². The summed E-state index contributed by atoms with van der Waals surface area (Å²) < 4.78 is 10.4. The van der Waals surface area contributed by atoms with Gasteiger partial charge in [-0.2, -0.15) is 0 Å². The van der Waals surface area contributed by atoms with Gasteiger partial charge >= 0.3 is 12.1 Å². The van der Waals surface area contributed by atoms with E-state index in [2.05, 4.69) is 10.3 Å². The van der Waals surface area contributed by atoms with Crippen molar-refractivity contribution in [3.8, 4) is 11.1 Å². The third-order valence-corrected chi connectivity index (χ3v) is 4.82. The van der Waals surface area contributed by atoms with Crippen molar-refractivity contribution in [2.75, 3.05) is 6.61 Å². The largest absolute Gasteiger partial charge is 0.480 e. The second kappa shape index (κ2) is 7.56. The Kier molecular flexibility index (Phi) is 4.80. The first kappa shape index (κ1) is 17.8. The predicted octanol–water partition coefficient (Wildman–Crippen LogP) is 3.21. The number of carboxylic acids is 1. The molecule has 0 aliphatic heterocycles. The molecule has 0 radical (unpaired) electrons. The predicted molar refractivity (Wildman–Crippen MR) is 99.8 cm³/mol. The van der Waals surface area contributed by atoms with Gasteiger partial charge in [0.25, 0.3) is 0 Å². The van der Waals surface area contributed by atoms with Gasteiger partial charge < -0.3 is 19.6 Å². The molecule has 1 heterocycles. The molecule has 7 heteroatoms. The fourth-order valence-electron chi connectivity index (χ4n) is 3.53. The topological polar surface area (TPSA) is 102 Å². The number of carboxylic acid groups (broad SMARTS) is 1. The van der Waals surface area contributed by atoms with Crippen LogP contribution in [0.2, 0.25) is 0 Å². The molecule has 0 spiro atoms. The number of fused-ring (bicyclic) bond motifs is 3. The van der Waals surface area contributed by atoms with Crippen LogP contribution >= 0.6 is 0 Å². The zero-order valence-corrected chi connectivity index (χ0v) is 14.9. The Morgan fingerprint density at radius 3 is 2.32 bits per heavy atom. The molecule has 1 amide bonds. The number of ether oxygens (including phenoxy) is 1. The lowest BCUT2D eigenvalue weighted by Gasteiger charge is -2.17. The molecule has 2 N–H and O–H groups in total. The Bertz CT molecular complexity index is 954. The molecule has 4 rings (SSSR count). The van der Waals surface area contributed by atoms with Crippen LogP contribution in [0.15, 0.2) is 65.5 Å². The number of nitrogens with one attached hydrogen (secondary N) is 1. The fraction of sp³-hybridized carbons (Fsp3) is 0.190. The number of oxazole rings is 1. The van der Waals surface area contributed by atoms with Crippen LogP contribution in [0.3, 0.4) is 0 Å². The molecular weight excluding hydrogens is 360 g/mol. The smallest absolute Gasteiger partial charge is 0.407 e. The monoisotopic (exact) mass is 378 g/mol. The maximum absolute atomic E-state index is 12.2. The fourth-order valence-corrected chi connectivity index (χ4v) is 3.53. The van der Waals surface area contributed by atoms with E-state index < -0.39 is 18.1 Å². The molecule has 0 saturated heterocycles. The van der Waals surface area contributed by atoms with E-state index >= 15 is 0 Å². The van der Waals surface area contributed by atoms with Crippen molar-refractivity contribution >= 4 is 12.1 Å². The average molecular weight is 378 g/mol. The van der Waals surface area contributed by atoms with Gasteiger partial charge in [-0.3, -0.25) is 0 Å². The van der Waals surface area contributed by atoms with Crippen LogP contribution in [-0.4, -0.2) is 34.8 Å². The van der Waals surface area contributed by atoms with Crippen molar-refractivity contribution < 1.29 is 23.8 Å². The lowest BCUT2D eigenvalue weighted by atomic mass is 9.98. The summed E-state index contributed by atoms with van der Waals surface area (Å²) in [6.07, 6.45) is 1.82. The zero-order chi connectivity index (χ0) is 19.5. The van der Waals surface area contributed by atoms with Crippen molar-refractivity contribution in [1.82, 2.24) is 10.3 Å². The summed E-state index contributed by atoms with van der Waals surface area (Å²) in [7, 11) is 0. The Hall–Kier alpha value is -3.61. The van der Waals surface area contributed by atoms with Crippen molar-refractivity contribution in [3.63, 3.8) is 0 Å². The van der Waals surface area contributed by atoms with E-state index in [1.165, 1.54) is 12.6 Å². The minimum atomic E-state index is -1.18. The Morgan fingerprint density at radius 2 is 1.75 bits per heavy atom. The summed E-state index contributed by atoms with van der Waals surface area (Å²) in [4.78, 5) is 27.4. The van der Waals surface area contributed by atoms with Gasteiger partial charge in [0.2, 0.25) is 0 Å². The second-order valence-electron chi connectivity index (χ2n) is 6.53. The minimum Gasteiger partial charge on any atom is -0.480 e. The summed E-state index contributed by atoms with van der Waals surface area (Å²) in [6, 6.07) is 14.8. The van der Waals surface area contributed by atoms with Gasteiger partial charge in [-0.15, -0.1) is 0 Å². The number of carbonyl (C=O) groups excluding carboxylic acids is 1. The van der Waals surface area contributed by atoms with Crippen LogP contribution in [-0.2, 0) is 16.0 Å². The van der Waals surface area contributed by atoms with Gasteiger partial charge in [0.05, 0.1) is 6.20 Å². The van der Waals surface area contributed by atoms with E-state index in [4.69, 9.17) is 9.15 Å². The van der Waals surface area contributed by atoms with E-state index in [-0.39, 0.29) is 18.9 Å². The van der Waals surface area contributed by atoms with Crippen LogP contribution in [0.5, 0.6) is 0 Å². The molecule has 3 aromatic rings. The average Bonchev–Trinajstić information content (AvgIpc) is 3.32. The van der Waals surface area contributed by atoms with Gasteiger partial charge in [-0.05, 0) is 22.3 Å². The number of hydrogen-bond acceptors (Lipinski definition) is 5. The maximum atomic E-state index is 12.2. The van der Waals surface area contributed by atoms with Crippen molar-refractivity contribution in [2.45, 2.75) is 18.4 Å². The van der Waals surface area contributed by atoms with Gasteiger partial charge in [0, 0.05) is 12.3 Å². The number of alkyl carbamates (subject to hydrolysis) is 1. The number of carbonyl (C=O) groups is 2. The van der Waals surface area contributed by atoms with E-state index in [1.807, 2.05) is 48.5 Å². The molecule has 142 valence electrons. The van der Waals surface area contributed by atoms with Crippen LogP contribution in [0.1, 0.15) is 22.8 Å². The van der Waals surface area contributed by atoms with Crippen LogP contribution in [0.4, 0.5) is 4.79 Å². The minimum absolute atomic E-state index is 0.0144. The summed E-state index contributed by atoms with van der Waals surface area (Å²) in [5.41, 5.74) is 4.43. The van der Waals surface area contributed by atoms with Gasteiger partial charge in [-0.1, -0.05) is 48.5 Å². The van der Waals surface area contributed by atoms with Gasteiger partial charge in [-0.25, -0.2) is 14.6 Å². The normalized spacial score (nSPS) is 13.4. The first-order chi connectivity index (χ1) is 13.6. The van der Waals surface area contributed by atoms with Gasteiger partial charge in [0.15, 0.2) is 6.39 Å². The summed E-state index contributed by atoms with van der Waals surface area (Å²) in [5.74, 6) is -0.896. The number of nitrogens with zero attached hydrogens (tertiary/aromatic N) is 1. The number of aromatic nitrogens is 1. The van der Waals surface area contributed by atoms with Crippen LogP contribution in [0, 0.1) is 0 Å². The third kappa shape index (κ3) is 3.46. The molecule has 1 aliphatic carbocycles. The number of aliphatic carboxylic acids is 1. The molecule has 7 nitrogen and oxygen atoms in total. The van der Waals surface area contributed by atoms with Crippen molar-refractivity contribution in [1.29, 1.82) is 0 Å². The Balaban J connectivity index is 1.44. The van der Waals surface area contributed by atoms with E-state index in [1.54, 1.807) is 0 Å². The number of hydrogen-bond donors (Lipinski definition) is 2. The lowest BCUT2D eigenvalue weighted by Crippen LogP contribution is -2.42. The summed E-state index contributed by atoms with van der Waals surface area (Å²) in [6.45, 7) is 0.120. The molecule has 1 atom stereocenters. The molecule has 0 fully saturated rings. The quantitative estimate of drug-likeness (QED) is 0.683. The number of rotatable bonds is 6. The number of amides is 1. The second-order valence-corrected chi connectivity index (χ2v) is 6.53. The highest BCUT2D eigenvalue weighted by molar-refractivity contribution is 5.81. The van der Waals surface area contributed by atoms with Crippen LogP contribution < -0.4 is 5.32 Å². The molecule has 28 heavy (non-hydrogen) atoms. The molecule has 2 aromatic carbocycles. The highest BCUT2D eigenvalue weighted by Crippen LogP contribution is 2.44. The van der Waals surface area contributed by atoms with Crippen LogP contribution in [0.25, 0.3) is 11.1 Å². The molecule has 1 aliphatic rings. The van der Waals surface area contributed by atoms with Crippen molar-refractivity contribution in [3.05, 3.63) is 78.0 Å². The number of benzene rings is 2. The highest BCUT2D eigenvalue weighted by Gasteiger charge is 2.30. The zero-order valence-electron chi connectivity index (χ0n) is 14.9. The van der Waals surface area contributed by atoms with E-state index in [9.17, 15) is 14.7 Å². The van der Waals surface area contributed by atoms with E-state index in [0.29, 0.717) is 5.76 Å². The lowest BCUT2D eigenvalue weighted by molar-refractivity contribution is -0.139. The Labute approximate surface area is 161 Å². The first-order valence-corrected chi connectivity index (χ1v) is 8.85. The third-order valence-electron chi connectivity index (χ3n) is 4.82. The molecule has 1 aromatic heterocycles.